The molecule has 2 rings (SSSR count). The zero-order chi connectivity index (χ0) is 14.5. The van der Waals surface area contributed by atoms with E-state index >= 15 is 0 Å². The van der Waals surface area contributed by atoms with Gasteiger partial charge in [-0.15, -0.1) is 0 Å². The number of rotatable bonds is 4. The maximum atomic E-state index is 11.9. The molecule has 1 aliphatic carbocycles. The molecule has 1 aliphatic rings. The van der Waals surface area contributed by atoms with Gasteiger partial charge < -0.3 is 20.5 Å². The predicted octanol–water partition coefficient (Wildman–Crippen LogP) is 2.74. The van der Waals surface area contributed by atoms with Gasteiger partial charge in [-0.05, 0) is 40.9 Å². The smallest absolute Gasteiger partial charge is 0.319 e. The monoisotopic (exact) mass is 342 g/mol. The van der Waals surface area contributed by atoms with E-state index in [1.165, 1.54) is 0 Å². The van der Waals surface area contributed by atoms with Crippen LogP contribution in [0.15, 0.2) is 22.7 Å². The summed E-state index contributed by atoms with van der Waals surface area (Å²) < 4.78 is 5.91. The Kier molecular flexibility index (Phi) is 5.25. The number of methoxy groups -OCH3 is 1. The number of urea groups is 1. The van der Waals surface area contributed by atoms with Gasteiger partial charge in [-0.3, -0.25) is 0 Å². The van der Waals surface area contributed by atoms with Crippen molar-refractivity contribution in [3.63, 3.8) is 0 Å². The maximum absolute atomic E-state index is 11.9. The first kappa shape index (κ1) is 15.1. The Morgan fingerprint density at radius 1 is 1.50 bits per heavy atom. The van der Waals surface area contributed by atoms with Crippen LogP contribution in [0.25, 0.3) is 0 Å². The second kappa shape index (κ2) is 6.95. The van der Waals surface area contributed by atoms with Gasteiger partial charge in [0, 0.05) is 23.0 Å². The van der Waals surface area contributed by atoms with Crippen molar-refractivity contribution in [1.29, 1.82) is 0 Å². The summed E-state index contributed by atoms with van der Waals surface area (Å²) in [6, 6.07) is 5.09. The fourth-order valence-corrected chi connectivity index (χ4v) is 2.72. The average molecular weight is 343 g/mol. The van der Waals surface area contributed by atoms with Crippen LogP contribution in [0.5, 0.6) is 5.75 Å². The number of benzene rings is 1. The van der Waals surface area contributed by atoms with Crippen molar-refractivity contribution in [2.24, 2.45) is 5.92 Å². The second-order valence-electron chi connectivity index (χ2n) is 4.94. The van der Waals surface area contributed by atoms with Crippen LogP contribution in [0.4, 0.5) is 10.5 Å². The Morgan fingerprint density at radius 3 is 2.95 bits per heavy atom. The first-order chi connectivity index (χ1) is 9.60. The summed E-state index contributed by atoms with van der Waals surface area (Å²) in [4.78, 5) is 11.9. The number of amides is 2. The maximum Gasteiger partial charge on any atom is 0.319 e. The highest BCUT2D eigenvalue weighted by molar-refractivity contribution is 9.10. The molecule has 1 saturated carbocycles. The molecule has 0 aromatic heterocycles. The van der Waals surface area contributed by atoms with E-state index in [9.17, 15) is 9.90 Å². The van der Waals surface area contributed by atoms with Gasteiger partial charge in [0.05, 0.1) is 18.9 Å². The third-order valence-corrected chi connectivity index (χ3v) is 4.26. The van der Waals surface area contributed by atoms with E-state index in [4.69, 9.17) is 4.74 Å². The summed E-state index contributed by atoms with van der Waals surface area (Å²) in [6.07, 6.45) is 2.52. The summed E-state index contributed by atoms with van der Waals surface area (Å²) in [7, 11) is 1.58. The number of anilines is 1. The SMILES string of the molecule is COc1ccc(Br)c(NC(=O)NCC2CCCC2O)c1. The van der Waals surface area contributed by atoms with Crippen molar-refractivity contribution < 1.29 is 14.6 Å². The van der Waals surface area contributed by atoms with Crippen molar-refractivity contribution in [3.8, 4) is 5.75 Å². The van der Waals surface area contributed by atoms with Gasteiger partial charge in [0.2, 0.25) is 0 Å². The molecule has 0 heterocycles. The zero-order valence-corrected chi connectivity index (χ0v) is 12.9. The van der Waals surface area contributed by atoms with E-state index in [0.717, 1.165) is 23.7 Å². The van der Waals surface area contributed by atoms with Crippen LogP contribution in [0, 0.1) is 5.92 Å². The normalized spacial score (nSPS) is 21.6. The number of halogens is 1. The van der Waals surface area contributed by atoms with E-state index in [-0.39, 0.29) is 18.1 Å². The molecule has 5 nitrogen and oxygen atoms in total. The van der Waals surface area contributed by atoms with Crippen LogP contribution < -0.4 is 15.4 Å². The number of hydrogen-bond donors (Lipinski definition) is 3. The molecule has 0 spiro atoms. The van der Waals surface area contributed by atoms with Crippen LogP contribution in [0.1, 0.15) is 19.3 Å². The minimum atomic E-state index is -0.293. The van der Waals surface area contributed by atoms with E-state index in [0.29, 0.717) is 18.0 Å². The highest BCUT2D eigenvalue weighted by Gasteiger charge is 2.25. The largest absolute Gasteiger partial charge is 0.497 e. The van der Waals surface area contributed by atoms with Gasteiger partial charge in [-0.25, -0.2) is 4.79 Å². The van der Waals surface area contributed by atoms with Gasteiger partial charge >= 0.3 is 6.03 Å². The van der Waals surface area contributed by atoms with Crippen LogP contribution in [-0.4, -0.2) is 30.9 Å². The lowest BCUT2D eigenvalue weighted by Crippen LogP contribution is -2.35. The fraction of sp³-hybridized carbons (Fsp3) is 0.500. The van der Waals surface area contributed by atoms with E-state index in [2.05, 4.69) is 26.6 Å². The molecule has 0 aliphatic heterocycles. The number of nitrogens with one attached hydrogen (secondary N) is 2. The Hall–Kier alpha value is -1.27. The van der Waals surface area contributed by atoms with E-state index < -0.39 is 0 Å². The number of carbonyl (C=O) groups is 1. The molecule has 6 heteroatoms. The summed E-state index contributed by atoms with van der Waals surface area (Å²) in [5.41, 5.74) is 0.647. The lowest BCUT2D eigenvalue weighted by atomic mass is 10.1. The first-order valence-corrected chi connectivity index (χ1v) is 7.46. The number of carbonyl (C=O) groups excluding carboxylic acids is 1. The molecule has 1 fully saturated rings. The van der Waals surface area contributed by atoms with Crippen molar-refractivity contribution in [2.45, 2.75) is 25.4 Å². The van der Waals surface area contributed by atoms with Gasteiger partial charge in [-0.1, -0.05) is 6.42 Å². The molecule has 1 aromatic rings. The zero-order valence-electron chi connectivity index (χ0n) is 11.4. The Morgan fingerprint density at radius 2 is 2.30 bits per heavy atom. The quantitative estimate of drug-likeness (QED) is 0.787. The van der Waals surface area contributed by atoms with Crippen molar-refractivity contribution >= 4 is 27.6 Å². The van der Waals surface area contributed by atoms with Crippen molar-refractivity contribution in [1.82, 2.24) is 5.32 Å². The lowest BCUT2D eigenvalue weighted by molar-refractivity contribution is 0.133. The van der Waals surface area contributed by atoms with Crippen LogP contribution >= 0.6 is 15.9 Å². The summed E-state index contributed by atoms with van der Waals surface area (Å²) in [5.74, 6) is 0.837. The predicted molar refractivity (Wildman–Crippen MR) is 81.1 cm³/mol. The lowest BCUT2D eigenvalue weighted by Gasteiger charge is -2.16. The molecule has 1 aromatic carbocycles. The Labute approximate surface area is 126 Å². The second-order valence-corrected chi connectivity index (χ2v) is 5.79. The fourth-order valence-electron chi connectivity index (χ4n) is 2.37. The van der Waals surface area contributed by atoms with Crippen molar-refractivity contribution in [2.75, 3.05) is 19.0 Å². The van der Waals surface area contributed by atoms with E-state index in [1.54, 1.807) is 13.2 Å². The number of hydrogen-bond acceptors (Lipinski definition) is 3. The summed E-state index contributed by atoms with van der Waals surface area (Å²) >= 11 is 3.38. The third-order valence-electron chi connectivity index (χ3n) is 3.57. The molecular formula is C14H19BrN2O3. The summed E-state index contributed by atoms with van der Waals surface area (Å²) in [6.45, 7) is 0.495. The standard InChI is InChI=1S/C14H19BrN2O3/c1-20-10-5-6-11(15)12(7-10)17-14(19)16-8-9-3-2-4-13(9)18/h5-7,9,13,18H,2-4,8H2,1H3,(H2,16,17,19). The Bertz CT molecular complexity index is 481. The molecule has 2 unspecified atom stereocenters. The molecule has 2 amide bonds. The van der Waals surface area contributed by atoms with Gasteiger partial charge in [-0.2, -0.15) is 0 Å². The van der Waals surface area contributed by atoms with Gasteiger partial charge in [0.25, 0.3) is 0 Å². The first-order valence-electron chi connectivity index (χ1n) is 6.66. The molecule has 0 bridgehead atoms. The topological polar surface area (TPSA) is 70.6 Å². The highest BCUT2D eigenvalue weighted by atomic mass is 79.9. The number of ether oxygens (including phenoxy) is 1. The molecule has 0 radical (unpaired) electrons. The van der Waals surface area contributed by atoms with Gasteiger partial charge in [0.15, 0.2) is 0 Å². The van der Waals surface area contributed by atoms with Crippen molar-refractivity contribution in [3.05, 3.63) is 22.7 Å². The molecule has 110 valence electrons. The highest BCUT2D eigenvalue weighted by Crippen LogP contribution is 2.27. The summed E-state index contributed by atoms with van der Waals surface area (Å²) in [5, 5.41) is 15.3. The van der Waals surface area contributed by atoms with Gasteiger partial charge in [0.1, 0.15) is 5.75 Å². The molecule has 20 heavy (non-hydrogen) atoms. The Balaban J connectivity index is 1.87. The minimum absolute atomic E-state index is 0.162. The minimum Gasteiger partial charge on any atom is -0.497 e. The third kappa shape index (κ3) is 3.86. The van der Waals surface area contributed by atoms with Crippen LogP contribution in [0.2, 0.25) is 0 Å². The molecule has 3 N–H and O–H groups in total. The molecule has 2 atom stereocenters. The number of aliphatic hydroxyl groups excluding tert-OH is 1. The van der Waals surface area contributed by atoms with Crippen LogP contribution in [0.3, 0.4) is 0 Å². The molecular weight excluding hydrogens is 324 g/mol. The molecule has 0 saturated heterocycles. The van der Waals surface area contributed by atoms with E-state index in [1.807, 2.05) is 12.1 Å². The average Bonchev–Trinajstić information content (AvgIpc) is 2.84. The van der Waals surface area contributed by atoms with Crippen LogP contribution in [-0.2, 0) is 0 Å². The number of aliphatic hydroxyl groups is 1.